The van der Waals surface area contributed by atoms with Crippen LogP contribution in [0.5, 0.6) is 0 Å². The molecule has 1 heterocycles. The van der Waals surface area contributed by atoms with Crippen molar-refractivity contribution in [3.05, 3.63) is 70.5 Å². The maximum absolute atomic E-state index is 12.9. The van der Waals surface area contributed by atoms with Crippen molar-refractivity contribution < 1.29 is 18.0 Å². The molecule has 0 unspecified atom stereocenters. The van der Waals surface area contributed by atoms with Crippen molar-refractivity contribution in [1.82, 2.24) is 15.0 Å². The second-order valence-corrected chi connectivity index (χ2v) is 6.24. The van der Waals surface area contributed by atoms with Gasteiger partial charge < -0.3 is 5.32 Å². The number of nitrogens with one attached hydrogen (secondary N) is 1. The van der Waals surface area contributed by atoms with Gasteiger partial charge in [0.15, 0.2) is 5.69 Å². The Bertz CT molecular complexity index is 1010. The van der Waals surface area contributed by atoms with Crippen molar-refractivity contribution >= 4 is 11.6 Å². The van der Waals surface area contributed by atoms with Crippen LogP contribution in [0.4, 0.5) is 18.9 Å². The molecule has 5 nitrogen and oxygen atoms in total. The highest BCUT2D eigenvalue weighted by molar-refractivity contribution is 6.03. The maximum Gasteiger partial charge on any atom is 0.416 e. The highest BCUT2D eigenvalue weighted by Crippen LogP contribution is 2.30. The fourth-order valence-corrected chi connectivity index (χ4v) is 2.61. The van der Waals surface area contributed by atoms with E-state index < -0.39 is 17.6 Å². The largest absolute Gasteiger partial charge is 0.416 e. The Balaban J connectivity index is 1.89. The van der Waals surface area contributed by atoms with Gasteiger partial charge in [-0.15, -0.1) is 5.10 Å². The number of aryl methyl sites for hydroxylation is 2. The van der Waals surface area contributed by atoms with E-state index in [2.05, 4.69) is 15.6 Å². The van der Waals surface area contributed by atoms with Gasteiger partial charge in [0.1, 0.15) is 0 Å². The van der Waals surface area contributed by atoms with Crippen LogP contribution in [0.1, 0.15) is 32.9 Å². The van der Waals surface area contributed by atoms with Crippen LogP contribution in [0.15, 0.2) is 42.5 Å². The molecule has 1 amide bonds. The summed E-state index contributed by atoms with van der Waals surface area (Å²) in [7, 11) is 0. The molecule has 0 saturated carbocycles. The van der Waals surface area contributed by atoms with Crippen LogP contribution in [0, 0.1) is 20.8 Å². The van der Waals surface area contributed by atoms with Crippen LogP contribution in [0.3, 0.4) is 0 Å². The SMILES string of the molecule is Cc1ccc(NC(=O)c2nnn(-c3cccc(C(F)(F)F)c3)c2C)cc1C. The van der Waals surface area contributed by atoms with E-state index in [0.717, 1.165) is 23.3 Å². The minimum atomic E-state index is -4.46. The summed E-state index contributed by atoms with van der Waals surface area (Å²) < 4.78 is 39.9. The molecule has 0 aliphatic heterocycles. The lowest BCUT2D eigenvalue weighted by Gasteiger charge is -2.09. The number of carbonyl (C=O) groups is 1. The third-order valence-electron chi connectivity index (χ3n) is 4.29. The second-order valence-electron chi connectivity index (χ2n) is 6.24. The van der Waals surface area contributed by atoms with E-state index in [0.29, 0.717) is 11.4 Å². The predicted molar refractivity (Wildman–Crippen MR) is 95.0 cm³/mol. The van der Waals surface area contributed by atoms with Gasteiger partial charge in [-0.25, -0.2) is 4.68 Å². The summed E-state index contributed by atoms with van der Waals surface area (Å²) in [6.07, 6.45) is -4.46. The molecule has 0 aliphatic rings. The molecule has 1 aromatic heterocycles. The van der Waals surface area contributed by atoms with Crippen molar-refractivity contribution in [2.75, 3.05) is 5.32 Å². The summed E-state index contributed by atoms with van der Waals surface area (Å²) in [6, 6.07) is 10.2. The van der Waals surface area contributed by atoms with Crippen LogP contribution in [0.2, 0.25) is 0 Å². The highest BCUT2D eigenvalue weighted by Gasteiger charge is 2.31. The molecule has 27 heavy (non-hydrogen) atoms. The Labute approximate surface area is 153 Å². The Kier molecular flexibility index (Phi) is 4.73. The average molecular weight is 374 g/mol. The molecule has 0 atom stereocenters. The highest BCUT2D eigenvalue weighted by atomic mass is 19.4. The van der Waals surface area contributed by atoms with E-state index >= 15 is 0 Å². The van der Waals surface area contributed by atoms with Gasteiger partial charge >= 0.3 is 6.18 Å². The molecule has 0 radical (unpaired) electrons. The fraction of sp³-hybridized carbons (Fsp3) is 0.211. The van der Waals surface area contributed by atoms with Crippen LogP contribution in [0.25, 0.3) is 5.69 Å². The van der Waals surface area contributed by atoms with Gasteiger partial charge in [0.2, 0.25) is 0 Å². The normalized spacial score (nSPS) is 11.5. The molecular weight excluding hydrogens is 357 g/mol. The summed E-state index contributed by atoms with van der Waals surface area (Å²) in [5.74, 6) is -0.478. The summed E-state index contributed by atoms with van der Waals surface area (Å²) in [5.41, 5.74) is 2.50. The molecule has 8 heteroatoms. The van der Waals surface area contributed by atoms with E-state index in [9.17, 15) is 18.0 Å². The van der Waals surface area contributed by atoms with Crippen LogP contribution in [-0.2, 0) is 6.18 Å². The smallest absolute Gasteiger partial charge is 0.321 e. The van der Waals surface area contributed by atoms with Crippen molar-refractivity contribution in [3.63, 3.8) is 0 Å². The number of rotatable bonds is 3. The van der Waals surface area contributed by atoms with Crippen LogP contribution in [-0.4, -0.2) is 20.9 Å². The lowest BCUT2D eigenvalue weighted by Crippen LogP contribution is -2.14. The van der Waals surface area contributed by atoms with Crippen molar-refractivity contribution in [3.8, 4) is 5.69 Å². The number of nitrogens with zero attached hydrogens (tertiary/aromatic N) is 3. The predicted octanol–water partition coefficient (Wildman–Crippen LogP) is 4.46. The third kappa shape index (κ3) is 3.84. The average Bonchev–Trinajstić information content (AvgIpc) is 2.99. The van der Waals surface area contributed by atoms with E-state index in [1.165, 1.54) is 16.8 Å². The third-order valence-corrected chi connectivity index (χ3v) is 4.29. The monoisotopic (exact) mass is 374 g/mol. The zero-order valence-corrected chi connectivity index (χ0v) is 14.9. The zero-order chi connectivity index (χ0) is 19.8. The van der Waals surface area contributed by atoms with E-state index in [1.54, 1.807) is 13.0 Å². The lowest BCUT2D eigenvalue weighted by molar-refractivity contribution is -0.137. The minimum Gasteiger partial charge on any atom is -0.321 e. The van der Waals surface area contributed by atoms with Gasteiger partial charge in [-0.1, -0.05) is 17.3 Å². The molecule has 1 N–H and O–H groups in total. The van der Waals surface area contributed by atoms with Gasteiger partial charge in [0.05, 0.1) is 16.9 Å². The quantitative estimate of drug-likeness (QED) is 0.736. The number of hydrogen-bond acceptors (Lipinski definition) is 3. The van der Waals surface area contributed by atoms with Crippen LogP contribution < -0.4 is 5.32 Å². The van der Waals surface area contributed by atoms with Gasteiger partial charge in [-0.2, -0.15) is 13.2 Å². The first-order valence-corrected chi connectivity index (χ1v) is 8.15. The lowest BCUT2D eigenvalue weighted by atomic mass is 10.1. The Morgan fingerprint density at radius 2 is 1.78 bits per heavy atom. The summed E-state index contributed by atoms with van der Waals surface area (Å²) in [4.78, 5) is 12.5. The molecule has 0 saturated heterocycles. The molecule has 0 spiro atoms. The van der Waals surface area contributed by atoms with E-state index in [1.807, 2.05) is 26.0 Å². The number of anilines is 1. The van der Waals surface area contributed by atoms with Gasteiger partial charge in [-0.3, -0.25) is 4.79 Å². The van der Waals surface area contributed by atoms with Gasteiger partial charge in [-0.05, 0) is 62.2 Å². The van der Waals surface area contributed by atoms with Crippen LogP contribution >= 0.6 is 0 Å². The van der Waals surface area contributed by atoms with E-state index in [4.69, 9.17) is 0 Å². The molecule has 0 aliphatic carbocycles. The number of benzene rings is 2. The number of amides is 1. The summed E-state index contributed by atoms with van der Waals surface area (Å²) in [6.45, 7) is 5.47. The second kappa shape index (κ2) is 6.86. The van der Waals surface area contributed by atoms with Crippen molar-refractivity contribution in [2.24, 2.45) is 0 Å². The molecule has 3 rings (SSSR count). The Morgan fingerprint density at radius 1 is 1.04 bits per heavy atom. The number of hydrogen-bond donors (Lipinski definition) is 1. The molecule has 140 valence electrons. The molecule has 2 aromatic carbocycles. The first kappa shape index (κ1) is 18.6. The first-order chi connectivity index (χ1) is 12.7. The van der Waals surface area contributed by atoms with E-state index in [-0.39, 0.29) is 11.4 Å². The van der Waals surface area contributed by atoms with Gasteiger partial charge in [0, 0.05) is 5.69 Å². The van der Waals surface area contributed by atoms with Crippen molar-refractivity contribution in [2.45, 2.75) is 26.9 Å². The number of carbonyl (C=O) groups excluding carboxylic acids is 1. The number of halogens is 3. The molecule has 0 bridgehead atoms. The Morgan fingerprint density at radius 3 is 2.44 bits per heavy atom. The van der Waals surface area contributed by atoms with Gasteiger partial charge in [0.25, 0.3) is 5.91 Å². The maximum atomic E-state index is 12.9. The number of aromatic nitrogens is 3. The Hall–Kier alpha value is -3.16. The number of alkyl halides is 3. The molecule has 3 aromatic rings. The fourth-order valence-electron chi connectivity index (χ4n) is 2.61. The molecule has 0 fully saturated rings. The summed E-state index contributed by atoms with van der Waals surface area (Å²) >= 11 is 0. The zero-order valence-electron chi connectivity index (χ0n) is 14.9. The molecular formula is C19H17F3N4O. The topological polar surface area (TPSA) is 59.8 Å². The minimum absolute atomic E-state index is 0.0469. The summed E-state index contributed by atoms with van der Waals surface area (Å²) in [5, 5.41) is 10.4. The van der Waals surface area contributed by atoms with Crippen molar-refractivity contribution in [1.29, 1.82) is 0 Å². The first-order valence-electron chi connectivity index (χ1n) is 8.15. The standard InChI is InChI=1S/C19H17F3N4O/c1-11-7-8-15(9-12(11)2)23-18(27)17-13(3)26(25-24-17)16-6-4-5-14(10-16)19(20,21)22/h4-10H,1-3H3,(H,23,27).